The number of carbonyl (C=O) groups excluding carboxylic acids is 1. The molecule has 2 aromatic heterocycles. The molecule has 0 bridgehead atoms. The van der Waals surface area contributed by atoms with Gasteiger partial charge in [0.2, 0.25) is 0 Å². The van der Waals surface area contributed by atoms with Crippen LogP contribution in [0.1, 0.15) is 17.4 Å². The number of nitrogens with zero attached hydrogens (tertiary/aromatic N) is 3. The molecule has 7 heteroatoms. The Morgan fingerprint density at radius 3 is 2.67 bits per heavy atom. The van der Waals surface area contributed by atoms with Crippen molar-refractivity contribution in [2.45, 2.75) is 6.92 Å². The zero-order valence-corrected chi connectivity index (χ0v) is 13.7. The Balaban J connectivity index is 1.90. The third kappa shape index (κ3) is 3.01. The van der Waals surface area contributed by atoms with Gasteiger partial charge in [-0.15, -0.1) is 0 Å². The fourth-order valence-electron chi connectivity index (χ4n) is 2.38. The molecule has 24 heavy (non-hydrogen) atoms. The smallest absolute Gasteiger partial charge is 0.354 e. The lowest BCUT2D eigenvalue weighted by Crippen LogP contribution is -2.09. The number of ether oxygens (including phenoxy) is 2. The molecule has 7 nitrogen and oxygen atoms in total. The minimum absolute atomic E-state index is 0.258. The van der Waals surface area contributed by atoms with Crippen LogP contribution in [0.5, 0.6) is 11.8 Å². The first-order chi connectivity index (χ1) is 11.6. The molecule has 1 aromatic carbocycles. The highest BCUT2D eigenvalue weighted by Crippen LogP contribution is 2.26. The molecule has 0 saturated carbocycles. The van der Waals surface area contributed by atoms with Crippen LogP contribution in [0.4, 0.5) is 5.69 Å². The summed E-state index contributed by atoms with van der Waals surface area (Å²) in [6.07, 6.45) is 3.28. The molecular formula is C17H18N4O3. The molecule has 0 aliphatic heterocycles. The molecule has 1 N–H and O–H groups in total. The minimum Gasteiger partial charge on any atom is -0.461 e. The van der Waals surface area contributed by atoms with Crippen LogP contribution in [0.2, 0.25) is 0 Å². The van der Waals surface area contributed by atoms with Crippen molar-refractivity contribution in [3.8, 4) is 11.8 Å². The average molecular weight is 326 g/mol. The number of aromatic nitrogens is 3. The van der Waals surface area contributed by atoms with Gasteiger partial charge in [-0.25, -0.2) is 14.8 Å². The van der Waals surface area contributed by atoms with Crippen molar-refractivity contribution in [3.63, 3.8) is 0 Å². The summed E-state index contributed by atoms with van der Waals surface area (Å²) in [7, 11) is 3.61. The standard InChI is InChI=1S/C17H18N4O3/c1-4-23-16(22)15-7-11-5-6-13(8-14(11)21(15)3)24-17-19-9-12(18-2)10-20-17/h5-10,18H,4H2,1-3H3. The average Bonchev–Trinajstić information content (AvgIpc) is 2.93. The molecule has 124 valence electrons. The molecule has 0 saturated heterocycles. The fourth-order valence-corrected chi connectivity index (χ4v) is 2.38. The van der Waals surface area contributed by atoms with Gasteiger partial charge >= 0.3 is 12.0 Å². The van der Waals surface area contributed by atoms with Gasteiger partial charge in [-0.1, -0.05) is 0 Å². The number of esters is 1. The van der Waals surface area contributed by atoms with Crippen molar-refractivity contribution in [1.82, 2.24) is 14.5 Å². The first kappa shape index (κ1) is 15.8. The molecular weight excluding hydrogens is 308 g/mol. The highest BCUT2D eigenvalue weighted by atomic mass is 16.5. The van der Waals surface area contributed by atoms with Crippen LogP contribution in [0.25, 0.3) is 10.9 Å². The van der Waals surface area contributed by atoms with E-state index >= 15 is 0 Å². The molecule has 0 aliphatic rings. The van der Waals surface area contributed by atoms with Gasteiger partial charge in [0, 0.05) is 25.5 Å². The van der Waals surface area contributed by atoms with E-state index in [1.807, 2.05) is 25.2 Å². The van der Waals surface area contributed by atoms with E-state index in [9.17, 15) is 4.79 Å². The summed E-state index contributed by atoms with van der Waals surface area (Å²) in [5.74, 6) is 0.251. The van der Waals surface area contributed by atoms with Crippen LogP contribution in [-0.2, 0) is 11.8 Å². The van der Waals surface area contributed by atoms with Gasteiger partial charge in [-0.3, -0.25) is 0 Å². The molecule has 3 rings (SSSR count). The van der Waals surface area contributed by atoms with E-state index < -0.39 is 0 Å². The van der Waals surface area contributed by atoms with Crippen molar-refractivity contribution in [2.24, 2.45) is 7.05 Å². The first-order valence-electron chi connectivity index (χ1n) is 7.56. The minimum atomic E-state index is -0.343. The SMILES string of the molecule is CCOC(=O)c1cc2ccc(Oc3ncc(NC)cn3)cc2n1C. The summed E-state index contributed by atoms with van der Waals surface area (Å²) in [4.78, 5) is 20.2. The Kier molecular flexibility index (Phi) is 4.33. The Labute approximate surface area is 139 Å². The quantitative estimate of drug-likeness (QED) is 0.726. The zero-order valence-electron chi connectivity index (χ0n) is 13.7. The molecule has 0 aliphatic carbocycles. The molecule has 0 fully saturated rings. The van der Waals surface area contributed by atoms with E-state index in [1.54, 1.807) is 37.0 Å². The van der Waals surface area contributed by atoms with E-state index in [4.69, 9.17) is 9.47 Å². The molecule has 0 atom stereocenters. The summed E-state index contributed by atoms with van der Waals surface area (Å²) in [5, 5.41) is 3.88. The molecule has 3 aromatic rings. The maximum Gasteiger partial charge on any atom is 0.354 e. The van der Waals surface area contributed by atoms with E-state index in [2.05, 4.69) is 15.3 Å². The number of carbonyl (C=O) groups is 1. The highest BCUT2D eigenvalue weighted by molar-refractivity contribution is 5.96. The van der Waals surface area contributed by atoms with Crippen LogP contribution in [0.15, 0.2) is 36.7 Å². The lowest BCUT2D eigenvalue weighted by Gasteiger charge is -2.06. The third-order valence-corrected chi connectivity index (χ3v) is 3.63. The number of benzene rings is 1. The Morgan fingerprint density at radius 2 is 2.00 bits per heavy atom. The van der Waals surface area contributed by atoms with Gasteiger partial charge in [-0.05, 0) is 25.1 Å². The van der Waals surface area contributed by atoms with E-state index in [-0.39, 0.29) is 12.0 Å². The number of aryl methyl sites for hydroxylation is 1. The van der Waals surface area contributed by atoms with Gasteiger partial charge in [0.1, 0.15) is 11.4 Å². The van der Waals surface area contributed by atoms with Gasteiger partial charge in [-0.2, -0.15) is 0 Å². The lowest BCUT2D eigenvalue weighted by molar-refractivity contribution is 0.0516. The monoisotopic (exact) mass is 326 g/mol. The number of anilines is 1. The molecule has 0 radical (unpaired) electrons. The second kappa shape index (κ2) is 6.57. The molecule has 0 amide bonds. The van der Waals surface area contributed by atoms with Crippen molar-refractivity contribution in [1.29, 1.82) is 0 Å². The summed E-state index contributed by atoms with van der Waals surface area (Å²) >= 11 is 0. The lowest BCUT2D eigenvalue weighted by atomic mass is 10.2. The van der Waals surface area contributed by atoms with Crippen LogP contribution in [-0.4, -0.2) is 34.2 Å². The van der Waals surface area contributed by atoms with Crippen LogP contribution in [0, 0.1) is 0 Å². The van der Waals surface area contributed by atoms with Crippen LogP contribution >= 0.6 is 0 Å². The maximum absolute atomic E-state index is 12.0. The van der Waals surface area contributed by atoms with Gasteiger partial charge < -0.3 is 19.4 Å². The Morgan fingerprint density at radius 1 is 1.25 bits per heavy atom. The summed E-state index contributed by atoms with van der Waals surface area (Å²) < 4.78 is 12.5. The number of hydrogen-bond acceptors (Lipinski definition) is 6. The molecule has 2 heterocycles. The van der Waals surface area contributed by atoms with Gasteiger partial charge in [0.15, 0.2) is 0 Å². The topological polar surface area (TPSA) is 78.3 Å². The molecule has 0 spiro atoms. The van der Waals surface area contributed by atoms with E-state index in [0.29, 0.717) is 18.1 Å². The zero-order chi connectivity index (χ0) is 17.1. The highest BCUT2D eigenvalue weighted by Gasteiger charge is 2.15. The number of hydrogen-bond donors (Lipinski definition) is 1. The Hall–Kier alpha value is -3.09. The first-order valence-corrected chi connectivity index (χ1v) is 7.56. The van der Waals surface area contributed by atoms with Crippen molar-refractivity contribution in [3.05, 3.63) is 42.4 Å². The normalized spacial score (nSPS) is 10.6. The van der Waals surface area contributed by atoms with Crippen molar-refractivity contribution >= 4 is 22.6 Å². The molecule has 0 unspecified atom stereocenters. The van der Waals surface area contributed by atoms with E-state index in [0.717, 1.165) is 16.6 Å². The second-order valence-electron chi connectivity index (χ2n) is 5.14. The third-order valence-electron chi connectivity index (χ3n) is 3.63. The summed E-state index contributed by atoms with van der Waals surface area (Å²) in [6, 6.07) is 7.60. The Bertz CT molecular complexity index is 871. The number of rotatable bonds is 5. The van der Waals surface area contributed by atoms with Crippen molar-refractivity contribution in [2.75, 3.05) is 19.0 Å². The second-order valence-corrected chi connectivity index (χ2v) is 5.14. The summed E-state index contributed by atoms with van der Waals surface area (Å²) in [5.41, 5.74) is 2.17. The predicted molar refractivity (Wildman–Crippen MR) is 90.5 cm³/mol. The number of nitrogens with one attached hydrogen (secondary N) is 1. The van der Waals surface area contributed by atoms with Crippen LogP contribution in [0.3, 0.4) is 0 Å². The predicted octanol–water partition coefficient (Wildman–Crippen LogP) is 2.98. The van der Waals surface area contributed by atoms with Crippen molar-refractivity contribution < 1.29 is 14.3 Å². The van der Waals surface area contributed by atoms with Gasteiger partial charge in [0.25, 0.3) is 0 Å². The number of fused-ring (bicyclic) bond motifs is 1. The fraction of sp³-hybridized carbons (Fsp3) is 0.235. The van der Waals surface area contributed by atoms with Crippen LogP contribution < -0.4 is 10.1 Å². The summed E-state index contributed by atoms with van der Waals surface area (Å²) in [6.45, 7) is 2.13. The van der Waals surface area contributed by atoms with Gasteiger partial charge in [0.05, 0.1) is 30.2 Å². The van der Waals surface area contributed by atoms with E-state index in [1.165, 1.54) is 0 Å². The maximum atomic E-state index is 12.0. The largest absolute Gasteiger partial charge is 0.461 e.